The van der Waals surface area contributed by atoms with Crippen molar-refractivity contribution in [2.45, 2.75) is 13.8 Å². The molecule has 3 rings (SSSR count). The van der Waals surface area contributed by atoms with Crippen molar-refractivity contribution in [1.82, 2.24) is 0 Å². The molecule has 0 bridgehead atoms. The van der Waals surface area contributed by atoms with Crippen molar-refractivity contribution >= 4 is 40.8 Å². The van der Waals surface area contributed by atoms with Crippen molar-refractivity contribution in [2.75, 3.05) is 0 Å². The highest BCUT2D eigenvalue weighted by atomic mass is 79.9. The maximum absolute atomic E-state index is 2.23. The van der Waals surface area contributed by atoms with Crippen LogP contribution in [-0.2, 0) is 0 Å². The third-order valence-electron chi connectivity index (χ3n) is 3.04. The first kappa shape index (κ1) is 18.6. The van der Waals surface area contributed by atoms with Gasteiger partial charge in [0, 0.05) is 0 Å². The van der Waals surface area contributed by atoms with Crippen molar-refractivity contribution in [3.63, 3.8) is 0 Å². The summed E-state index contributed by atoms with van der Waals surface area (Å²) >= 11 is 0. The minimum atomic E-state index is -0.446. The summed E-state index contributed by atoms with van der Waals surface area (Å²) in [4.78, 5) is 0. The zero-order valence-electron chi connectivity index (χ0n) is 13.0. The van der Waals surface area contributed by atoms with E-state index in [1.165, 1.54) is 15.9 Å². The molecule has 0 spiro atoms. The summed E-state index contributed by atoms with van der Waals surface area (Å²) in [6.45, 7) is 4.00. The summed E-state index contributed by atoms with van der Waals surface area (Å²) in [5, 5.41) is 4.19. The molecule has 0 saturated heterocycles. The fourth-order valence-corrected chi connectivity index (χ4v) is 4.48. The Balaban J connectivity index is 0.000000775. The van der Waals surface area contributed by atoms with Gasteiger partial charge in [0.15, 0.2) is 0 Å². The molecule has 0 radical (unpaired) electrons. The quantitative estimate of drug-likeness (QED) is 0.564. The molecule has 0 nitrogen and oxygen atoms in total. The molecule has 3 aromatic rings. The van der Waals surface area contributed by atoms with Crippen molar-refractivity contribution in [1.29, 1.82) is 0 Å². The number of benzene rings is 3. The first-order valence-corrected chi connectivity index (χ1v) is 8.74. The summed E-state index contributed by atoms with van der Waals surface area (Å²) in [6, 6.07) is 32.3. The van der Waals surface area contributed by atoms with Crippen LogP contribution in [0.2, 0.25) is 0 Å². The van der Waals surface area contributed by atoms with E-state index in [0.717, 1.165) is 0 Å². The Kier molecular flexibility index (Phi) is 8.74. The zero-order valence-corrected chi connectivity index (χ0v) is 15.6. The van der Waals surface area contributed by atoms with E-state index in [0.29, 0.717) is 0 Å². The van der Waals surface area contributed by atoms with Gasteiger partial charge in [0.25, 0.3) is 0 Å². The van der Waals surface area contributed by atoms with E-state index in [1.807, 2.05) is 13.8 Å². The lowest BCUT2D eigenvalue weighted by atomic mass is 10.4. The highest BCUT2D eigenvalue weighted by molar-refractivity contribution is 8.93. The Bertz CT molecular complexity index is 530. The van der Waals surface area contributed by atoms with Gasteiger partial charge in [-0.15, -0.1) is 17.0 Å². The summed E-state index contributed by atoms with van der Waals surface area (Å²) in [5.74, 6) is 0. The molecule has 0 amide bonds. The van der Waals surface area contributed by atoms with Crippen LogP contribution in [0.15, 0.2) is 91.0 Å². The summed E-state index contributed by atoms with van der Waals surface area (Å²) < 4.78 is 0. The van der Waals surface area contributed by atoms with E-state index in [4.69, 9.17) is 0 Å². The fourth-order valence-electron chi connectivity index (χ4n) is 2.18. The molecule has 114 valence electrons. The Morgan fingerprint density at radius 3 is 0.909 bits per heavy atom. The van der Waals surface area contributed by atoms with Crippen LogP contribution in [0.25, 0.3) is 0 Å². The molecule has 0 heterocycles. The van der Waals surface area contributed by atoms with Crippen LogP contribution in [-0.4, -0.2) is 0 Å². The van der Waals surface area contributed by atoms with Crippen LogP contribution in [0.3, 0.4) is 0 Å². The molecule has 0 aliphatic heterocycles. The minimum Gasteiger partial charge on any atom is -0.114 e. The van der Waals surface area contributed by atoms with E-state index >= 15 is 0 Å². The molecule has 0 N–H and O–H groups in total. The van der Waals surface area contributed by atoms with Gasteiger partial charge in [0.1, 0.15) is 0 Å². The maximum atomic E-state index is 2.23. The van der Waals surface area contributed by atoms with Crippen LogP contribution in [0.4, 0.5) is 0 Å². The van der Waals surface area contributed by atoms with Gasteiger partial charge >= 0.3 is 0 Å². The van der Waals surface area contributed by atoms with E-state index in [1.54, 1.807) is 0 Å². The molecule has 0 aromatic heterocycles. The number of hydrogen-bond acceptors (Lipinski definition) is 0. The van der Waals surface area contributed by atoms with Crippen LogP contribution in [0.5, 0.6) is 0 Å². The van der Waals surface area contributed by atoms with E-state index in [9.17, 15) is 0 Å². The third-order valence-corrected chi connectivity index (χ3v) is 5.49. The van der Waals surface area contributed by atoms with E-state index in [2.05, 4.69) is 91.0 Å². The summed E-state index contributed by atoms with van der Waals surface area (Å²) in [6.07, 6.45) is 0. The molecule has 2 heteroatoms. The first-order valence-electron chi connectivity index (χ1n) is 7.40. The highest BCUT2D eigenvalue weighted by Crippen LogP contribution is 2.32. The molecular formula is C20H22BrP. The summed E-state index contributed by atoms with van der Waals surface area (Å²) in [7, 11) is -0.446. The third kappa shape index (κ3) is 4.80. The normalized spacial score (nSPS) is 9.41. The van der Waals surface area contributed by atoms with Gasteiger partial charge in [-0.3, -0.25) is 0 Å². The van der Waals surface area contributed by atoms with Crippen molar-refractivity contribution in [3.8, 4) is 0 Å². The van der Waals surface area contributed by atoms with E-state index < -0.39 is 7.92 Å². The molecule has 0 fully saturated rings. The number of hydrogen-bond donors (Lipinski definition) is 0. The molecule has 22 heavy (non-hydrogen) atoms. The number of rotatable bonds is 3. The lowest BCUT2D eigenvalue weighted by Gasteiger charge is -2.18. The predicted molar refractivity (Wildman–Crippen MR) is 107 cm³/mol. The van der Waals surface area contributed by atoms with Gasteiger partial charge in [-0.25, -0.2) is 0 Å². The zero-order chi connectivity index (χ0) is 14.9. The van der Waals surface area contributed by atoms with Crippen LogP contribution < -0.4 is 15.9 Å². The molecule has 0 unspecified atom stereocenters. The second kappa shape index (κ2) is 10.3. The van der Waals surface area contributed by atoms with Gasteiger partial charge < -0.3 is 0 Å². The van der Waals surface area contributed by atoms with Crippen molar-refractivity contribution in [2.24, 2.45) is 0 Å². The lowest BCUT2D eigenvalue weighted by molar-refractivity contribution is 1.50. The van der Waals surface area contributed by atoms with Crippen molar-refractivity contribution in [3.05, 3.63) is 91.0 Å². The molecule has 0 aliphatic rings. The average molecular weight is 373 g/mol. The second-order valence-corrected chi connectivity index (χ2v) is 6.56. The first-order chi connectivity index (χ1) is 10.4. The molecule has 0 saturated carbocycles. The molecule has 3 aromatic carbocycles. The second-order valence-electron chi connectivity index (χ2n) is 4.34. The van der Waals surface area contributed by atoms with Crippen LogP contribution in [0, 0.1) is 0 Å². The molecule has 0 atom stereocenters. The van der Waals surface area contributed by atoms with Gasteiger partial charge in [0.2, 0.25) is 0 Å². The SMILES string of the molecule is Br.CC.c1ccc(P(c2ccccc2)c2ccccc2)cc1. The molecular weight excluding hydrogens is 351 g/mol. The maximum Gasteiger partial charge on any atom is -0.0134 e. The topological polar surface area (TPSA) is 0 Å². The van der Waals surface area contributed by atoms with Crippen molar-refractivity contribution < 1.29 is 0 Å². The minimum absolute atomic E-state index is 0. The van der Waals surface area contributed by atoms with Gasteiger partial charge in [-0.1, -0.05) is 105 Å². The Labute approximate surface area is 145 Å². The predicted octanol–water partition coefficient (Wildman–Crippen LogP) is 5.05. The van der Waals surface area contributed by atoms with Crippen LogP contribution >= 0.6 is 24.9 Å². The monoisotopic (exact) mass is 372 g/mol. The number of halogens is 1. The Morgan fingerprint density at radius 1 is 0.455 bits per heavy atom. The van der Waals surface area contributed by atoms with Crippen LogP contribution in [0.1, 0.15) is 13.8 Å². The van der Waals surface area contributed by atoms with E-state index in [-0.39, 0.29) is 17.0 Å². The van der Waals surface area contributed by atoms with Gasteiger partial charge in [0.05, 0.1) is 0 Å². The Hall–Kier alpha value is -1.43. The standard InChI is InChI=1S/C18H15P.C2H6.BrH/c1-4-10-16(11-5-1)19(17-12-6-2-7-13-17)18-14-8-3-9-15-18;1-2;/h1-15H;1-2H3;1H. The van der Waals surface area contributed by atoms with Gasteiger partial charge in [-0.05, 0) is 23.8 Å². The average Bonchev–Trinajstić information content (AvgIpc) is 2.60. The summed E-state index contributed by atoms with van der Waals surface area (Å²) in [5.41, 5.74) is 0. The lowest BCUT2D eigenvalue weighted by Crippen LogP contribution is -2.20. The fraction of sp³-hybridized carbons (Fsp3) is 0.100. The highest BCUT2D eigenvalue weighted by Gasteiger charge is 2.14. The van der Waals surface area contributed by atoms with Gasteiger partial charge in [-0.2, -0.15) is 0 Å². The smallest absolute Gasteiger partial charge is 0.0134 e. The Morgan fingerprint density at radius 2 is 0.682 bits per heavy atom. The molecule has 0 aliphatic carbocycles. The largest absolute Gasteiger partial charge is 0.114 e.